The van der Waals surface area contributed by atoms with Gasteiger partial charge in [0.15, 0.2) is 11.5 Å². The lowest BCUT2D eigenvalue weighted by atomic mass is 9.82. The summed E-state index contributed by atoms with van der Waals surface area (Å²) in [5, 5.41) is 5.69. The molecule has 1 saturated carbocycles. The Morgan fingerprint density at radius 1 is 1.20 bits per heavy atom. The van der Waals surface area contributed by atoms with E-state index in [9.17, 15) is 9.59 Å². The summed E-state index contributed by atoms with van der Waals surface area (Å²) in [5.41, 5.74) is 6.86. The first-order valence-electron chi connectivity index (χ1n) is 8.66. The maximum Gasteiger partial charge on any atom is 0.251 e. The van der Waals surface area contributed by atoms with Gasteiger partial charge in [-0.05, 0) is 37.0 Å². The summed E-state index contributed by atoms with van der Waals surface area (Å²) in [5.74, 6) is 1.25. The molecule has 3 aliphatic rings. The second-order valence-electron chi connectivity index (χ2n) is 6.67. The number of ether oxygens (including phenoxy) is 2. The fourth-order valence-corrected chi connectivity index (χ4v) is 3.76. The van der Waals surface area contributed by atoms with Gasteiger partial charge in [0.05, 0.1) is 6.54 Å². The Kier molecular flexibility index (Phi) is 4.46. The Labute approximate surface area is 145 Å². The highest BCUT2D eigenvalue weighted by atomic mass is 16.7. The van der Waals surface area contributed by atoms with Gasteiger partial charge in [-0.1, -0.05) is 6.42 Å². The third kappa shape index (κ3) is 3.40. The van der Waals surface area contributed by atoms with Gasteiger partial charge in [0, 0.05) is 24.2 Å². The molecule has 134 valence electrons. The van der Waals surface area contributed by atoms with Crippen molar-refractivity contribution in [1.82, 2.24) is 21.5 Å². The number of carbonyl (C=O) groups excluding carboxylic acids is 2. The molecule has 0 aromatic heterocycles. The van der Waals surface area contributed by atoms with E-state index in [1.165, 1.54) is 6.42 Å². The number of benzene rings is 1. The monoisotopic (exact) mass is 346 g/mol. The molecule has 25 heavy (non-hydrogen) atoms. The maximum atomic E-state index is 12.2. The summed E-state index contributed by atoms with van der Waals surface area (Å²) < 4.78 is 10.5. The first-order chi connectivity index (χ1) is 12.2. The molecule has 2 heterocycles. The normalized spacial score (nSPS) is 26.8. The summed E-state index contributed by atoms with van der Waals surface area (Å²) in [4.78, 5) is 24.4. The lowest BCUT2D eigenvalue weighted by Crippen LogP contribution is -2.54. The molecule has 1 aromatic carbocycles. The molecule has 4 N–H and O–H groups in total. The molecule has 1 aliphatic carbocycles. The zero-order valence-electron chi connectivity index (χ0n) is 13.8. The number of hydrogen-bond acceptors (Lipinski definition) is 6. The molecule has 2 fully saturated rings. The van der Waals surface area contributed by atoms with Crippen molar-refractivity contribution in [3.8, 4) is 11.5 Å². The average molecular weight is 346 g/mol. The van der Waals surface area contributed by atoms with Crippen molar-refractivity contribution in [2.75, 3.05) is 19.9 Å². The molecule has 3 atom stereocenters. The standard InChI is InChI=1S/C17H22N4O4/c22-15(20-12-3-1-2-11-7-19-21-16(11)12)8-18-17(23)10-4-5-13-14(6-10)25-9-24-13/h4-6,11-12,16,19,21H,1-3,7-9H2,(H,18,23)(H,20,22). The van der Waals surface area contributed by atoms with Gasteiger partial charge in [0.1, 0.15) is 0 Å². The van der Waals surface area contributed by atoms with Crippen LogP contribution in [0.4, 0.5) is 0 Å². The average Bonchev–Trinajstić information content (AvgIpc) is 3.28. The van der Waals surface area contributed by atoms with Gasteiger partial charge < -0.3 is 20.1 Å². The van der Waals surface area contributed by atoms with E-state index >= 15 is 0 Å². The van der Waals surface area contributed by atoms with E-state index in [1.54, 1.807) is 18.2 Å². The largest absolute Gasteiger partial charge is 0.454 e. The van der Waals surface area contributed by atoms with Crippen LogP contribution in [0.15, 0.2) is 18.2 Å². The van der Waals surface area contributed by atoms with Gasteiger partial charge in [0.25, 0.3) is 5.91 Å². The zero-order chi connectivity index (χ0) is 17.2. The summed E-state index contributed by atoms with van der Waals surface area (Å²) in [6, 6.07) is 5.33. The highest BCUT2D eigenvalue weighted by Gasteiger charge is 2.37. The molecule has 2 aliphatic heterocycles. The van der Waals surface area contributed by atoms with E-state index in [1.807, 2.05) is 0 Å². The Hall–Kier alpha value is -2.32. The number of amides is 2. The molecule has 0 spiro atoms. The molecular weight excluding hydrogens is 324 g/mol. The molecule has 4 rings (SSSR count). The highest BCUT2D eigenvalue weighted by Crippen LogP contribution is 2.32. The Morgan fingerprint density at radius 3 is 3.00 bits per heavy atom. The third-order valence-corrected chi connectivity index (χ3v) is 5.06. The minimum atomic E-state index is -0.310. The number of fused-ring (bicyclic) bond motifs is 2. The van der Waals surface area contributed by atoms with E-state index in [0.29, 0.717) is 23.0 Å². The highest BCUT2D eigenvalue weighted by molar-refractivity contribution is 5.97. The SMILES string of the molecule is O=C(CNC(=O)c1ccc2c(c1)OCO2)NC1CCCC2CNNC21. The maximum absolute atomic E-state index is 12.2. The van der Waals surface area contributed by atoms with Crippen molar-refractivity contribution in [1.29, 1.82) is 0 Å². The van der Waals surface area contributed by atoms with Crippen molar-refractivity contribution in [3.05, 3.63) is 23.8 Å². The van der Waals surface area contributed by atoms with E-state index < -0.39 is 0 Å². The Morgan fingerprint density at radius 2 is 2.08 bits per heavy atom. The number of carbonyl (C=O) groups is 2. The first kappa shape index (κ1) is 16.2. The van der Waals surface area contributed by atoms with Crippen LogP contribution in [0.5, 0.6) is 11.5 Å². The second-order valence-corrected chi connectivity index (χ2v) is 6.67. The van der Waals surface area contributed by atoms with Crippen molar-refractivity contribution in [2.45, 2.75) is 31.3 Å². The smallest absolute Gasteiger partial charge is 0.251 e. The van der Waals surface area contributed by atoms with Crippen LogP contribution < -0.4 is 31.0 Å². The van der Waals surface area contributed by atoms with Gasteiger partial charge in [-0.3, -0.25) is 20.4 Å². The van der Waals surface area contributed by atoms with Crippen molar-refractivity contribution >= 4 is 11.8 Å². The van der Waals surface area contributed by atoms with Crippen molar-refractivity contribution < 1.29 is 19.1 Å². The van der Waals surface area contributed by atoms with Crippen molar-refractivity contribution in [3.63, 3.8) is 0 Å². The van der Waals surface area contributed by atoms with E-state index in [4.69, 9.17) is 9.47 Å². The molecule has 0 bridgehead atoms. The van der Waals surface area contributed by atoms with Gasteiger partial charge in [0.2, 0.25) is 12.7 Å². The summed E-state index contributed by atoms with van der Waals surface area (Å²) in [6.07, 6.45) is 3.24. The Balaban J connectivity index is 1.29. The Bertz CT molecular complexity index is 681. The zero-order valence-corrected chi connectivity index (χ0v) is 13.8. The van der Waals surface area contributed by atoms with Gasteiger partial charge in [-0.15, -0.1) is 0 Å². The van der Waals surface area contributed by atoms with E-state index in [-0.39, 0.29) is 37.2 Å². The minimum Gasteiger partial charge on any atom is -0.454 e. The summed E-state index contributed by atoms with van der Waals surface area (Å²) in [7, 11) is 0. The predicted molar refractivity (Wildman–Crippen MR) is 89.1 cm³/mol. The van der Waals surface area contributed by atoms with Crippen LogP contribution >= 0.6 is 0 Å². The predicted octanol–water partition coefficient (Wildman–Crippen LogP) is -0.0936. The molecule has 1 saturated heterocycles. The summed E-state index contributed by atoms with van der Waals surface area (Å²) >= 11 is 0. The molecule has 1 aromatic rings. The van der Waals surface area contributed by atoms with Gasteiger partial charge >= 0.3 is 0 Å². The summed E-state index contributed by atoms with van der Waals surface area (Å²) in [6.45, 7) is 1.06. The van der Waals surface area contributed by atoms with E-state index in [0.717, 1.165) is 19.4 Å². The van der Waals surface area contributed by atoms with Gasteiger partial charge in [-0.25, -0.2) is 0 Å². The number of rotatable bonds is 4. The minimum absolute atomic E-state index is 0.0470. The first-order valence-corrected chi connectivity index (χ1v) is 8.66. The molecule has 2 amide bonds. The van der Waals surface area contributed by atoms with Crippen LogP contribution in [0.3, 0.4) is 0 Å². The van der Waals surface area contributed by atoms with Crippen LogP contribution in [-0.4, -0.2) is 43.8 Å². The lowest BCUT2D eigenvalue weighted by Gasteiger charge is -2.33. The number of nitrogens with one attached hydrogen (secondary N) is 4. The molecule has 8 nitrogen and oxygen atoms in total. The topological polar surface area (TPSA) is 101 Å². The molecular formula is C17H22N4O4. The molecule has 8 heteroatoms. The lowest BCUT2D eigenvalue weighted by molar-refractivity contribution is -0.121. The quantitative estimate of drug-likeness (QED) is 0.608. The third-order valence-electron chi connectivity index (χ3n) is 5.06. The van der Waals surface area contributed by atoms with Gasteiger partial charge in [-0.2, -0.15) is 0 Å². The number of hydrogen-bond donors (Lipinski definition) is 4. The fraction of sp³-hybridized carbons (Fsp3) is 0.529. The van der Waals surface area contributed by atoms with E-state index in [2.05, 4.69) is 21.5 Å². The number of hydrazine groups is 1. The van der Waals surface area contributed by atoms with Crippen LogP contribution in [-0.2, 0) is 4.79 Å². The molecule has 3 unspecified atom stereocenters. The molecule has 0 radical (unpaired) electrons. The van der Waals surface area contributed by atoms with Crippen LogP contribution in [0.1, 0.15) is 29.6 Å². The van der Waals surface area contributed by atoms with Crippen LogP contribution in [0, 0.1) is 5.92 Å². The second kappa shape index (κ2) is 6.89. The van der Waals surface area contributed by atoms with Crippen LogP contribution in [0.2, 0.25) is 0 Å². The van der Waals surface area contributed by atoms with Crippen LogP contribution in [0.25, 0.3) is 0 Å². The fourth-order valence-electron chi connectivity index (χ4n) is 3.76. The van der Waals surface area contributed by atoms with Crippen molar-refractivity contribution in [2.24, 2.45) is 5.92 Å².